The molecule has 1 fully saturated rings. The Balaban J connectivity index is 2.10. The van der Waals surface area contributed by atoms with Gasteiger partial charge in [0.2, 0.25) is 0 Å². The maximum atomic E-state index is 11.4. The van der Waals surface area contributed by atoms with Crippen LogP contribution in [0.5, 0.6) is 0 Å². The third-order valence-electron chi connectivity index (χ3n) is 3.94. The number of allylic oxidation sites excluding steroid dienone is 1. The Morgan fingerprint density at radius 3 is 3.10 bits per heavy atom. The lowest BCUT2D eigenvalue weighted by Crippen LogP contribution is -2.45. The van der Waals surface area contributed by atoms with Crippen LogP contribution in [0, 0.1) is 4.91 Å². The van der Waals surface area contributed by atoms with Crippen LogP contribution >= 0.6 is 0 Å². The van der Waals surface area contributed by atoms with Crippen LogP contribution in [0.2, 0.25) is 0 Å². The molecule has 0 aromatic carbocycles. The monoisotopic (exact) mass is 288 g/mol. The molecule has 1 aliphatic rings. The molecule has 1 aromatic heterocycles. The summed E-state index contributed by atoms with van der Waals surface area (Å²) in [6.45, 7) is 6.65. The van der Waals surface area contributed by atoms with Gasteiger partial charge in [0.15, 0.2) is 0 Å². The van der Waals surface area contributed by atoms with Crippen molar-refractivity contribution in [1.82, 2.24) is 15.2 Å². The summed E-state index contributed by atoms with van der Waals surface area (Å²) in [5, 5.41) is 6.82. The van der Waals surface area contributed by atoms with E-state index >= 15 is 0 Å². The molecule has 1 N–H and O–H groups in total. The molecule has 114 valence electrons. The van der Waals surface area contributed by atoms with E-state index in [0.29, 0.717) is 0 Å². The molecular weight excluding hydrogens is 264 g/mol. The van der Waals surface area contributed by atoms with Crippen molar-refractivity contribution in [1.29, 1.82) is 0 Å². The predicted octanol–water partition coefficient (Wildman–Crippen LogP) is 2.69. The molecule has 2 atom stereocenters. The molecule has 0 aliphatic carbocycles. The van der Waals surface area contributed by atoms with Crippen LogP contribution in [0.4, 0.5) is 0 Å². The van der Waals surface area contributed by atoms with Crippen molar-refractivity contribution >= 4 is 0 Å². The van der Waals surface area contributed by atoms with Gasteiger partial charge in [-0.2, -0.15) is 4.91 Å². The maximum absolute atomic E-state index is 11.4. The third kappa shape index (κ3) is 3.95. The van der Waals surface area contributed by atoms with Crippen LogP contribution in [-0.4, -0.2) is 35.2 Å². The lowest BCUT2D eigenvalue weighted by atomic mass is 9.99. The number of pyridine rings is 1. The quantitative estimate of drug-likeness (QED) is 0.619. The Labute approximate surface area is 126 Å². The van der Waals surface area contributed by atoms with Crippen molar-refractivity contribution in [3.63, 3.8) is 0 Å². The molecule has 1 aliphatic heterocycles. The van der Waals surface area contributed by atoms with Crippen molar-refractivity contribution in [2.45, 2.75) is 45.4 Å². The third-order valence-corrected chi connectivity index (χ3v) is 3.94. The highest BCUT2D eigenvalue weighted by Crippen LogP contribution is 2.22. The summed E-state index contributed by atoms with van der Waals surface area (Å²) in [7, 11) is 0. The molecule has 2 unspecified atom stereocenters. The zero-order valence-electron chi connectivity index (χ0n) is 12.8. The van der Waals surface area contributed by atoms with Gasteiger partial charge >= 0.3 is 0 Å². The second kappa shape index (κ2) is 8.00. The summed E-state index contributed by atoms with van der Waals surface area (Å²) in [5.41, 5.74) is 2.14. The second-order valence-electron chi connectivity index (χ2n) is 5.35. The first kappa shape index (κ1) is 15.8. The van der Waals surface area contributed by atoms with E-state index in [1.165, 1.54) is 0 Å². The van der Waals surface area contributed by atoms with Gasteiger partial charge in [0.05, 0.1) is 11.9 Å². The van der Waals surface area contributed by atoms with E-state index in [0.717, 1.165) is 43.7 Å². The van der Waals surface area contributed by atoms with Crippen molar-refractivity contribution < 1.29 is 0 Å². The van der Waals surface area contributed by atoms with Crippen molar-refractivity contribution in [3.8, 4) is 0 Å². The Kier molecular flexibility index (Phi) is 6.02. The second-order valence-corrected chi connectivity index (χ2v) is 5.35. The van der Waals surface area contributed by atoms with E-state index in [1.54, 1.807) is 6.20 Å². The van der Waals surface area contributed by atoms with E-state index in [9.17, 15) is 4.91 Å². The molecule has 1 saturated heterocycles. The molecule has 2 heterocycles. The van der Waals surface area contributed by atoms with Crippen molar-refractivity contribution in [2.75, 3.05) is 13.1 Å². The van der Waals surface area contributed by atoms with E-state index < -0.39 is 0 Å². The highest BCUT2D eigenvalue weighted by atomic mass is 16.3. The van der Waals surface area contributed by atoms with Crippen LogP contribution in [0.25, 0.3) is 0 Å². The van der Waals surface area contributed by atoms with Crippen LogP contribution in [0.15, 0.2) is 41.2 Å². The topological polar surface area (TPSA) is 57.6 Å². The first-order valence-corrected chi connectivity index (χ1v) is 7.65. The Hall–Kier alpha value is -1.59. The summed E-state index contributed by atoms with van der Waals surface area (Å²) < 4.78 is 0. The van der Waals surface area contributed by atoms with Gasteiger partial charge in [-0.25, -0.2) is 0 Å². The first-order valence-electron chi connectivity index (χ1n) is 7.65. The summed E-state index contributed by atoms with van der Waals surface area (Å²) in [4.78, 5) is 18.0. The molecule has 1 aromatic rings. The first-order chi connectivity index (χ1) is 10.3. The SMILES string of the molecule is C/C=C(\CCC)C(N=O)C1NCCN1Cc1ccccn1. The average molecular weight is 288 g/mol. The fraction of sp³-hybridized carbons (Fsp3) is 0.562. The highest BCUT2D eigenvalue weighted by molar-refractivity contribution is 5.15. The zero-order valence-corrected chi connectivity index (χ0v) is 12.8. The van der Waals surface area contributed by atoms with Crippen LogP contribution < -0.4 is 5.32 Å². The lowest BCUT2D eigenvalue weighted by Gasteiger charge is -2.28. The minimum Gasteiger partial charge on any atom is -0.298 e. The van der Waals surface area contributed by atoms with Gasteiger partial charge in [-0.15, -0.1) is 0 Å². The normalized spacial score (nSPS) is 21.4. The fourth-order valence-electron chi connectivity index (χ4n) is 2.89. The number of rotatable bonds is 7. The molecule has 5 nitrogen and oxygen atoms in total. The minimum absolute atomic E-state index is 0.0257. The van der Waals surface area contributed by atoms with Crippen LogP contribution in [0.1, 0.15) is 32.4 Å². The average Bonchev–Trinajstić information content (AvgIpc) is 2.96. The number of hydrogen-bond acceptors (Lipinski definition) is 5. The van der Waals surface area contributed by atoms with Crippen LogP contribution in [-0.2, 0) is 6.54 Å². The molecule has 0 bridgehead atoms. The van der Waals surface area contributed by atoms with Gasteiger partial charge in [0.25, 0.3) is 0 Å². The molecule has 0 amide bonds. The Morgan fingerprint density at radius 1 is 1.62 bits per heavy atom. The molecule has 0 spiro atoms. The maximum Gasteiger partial charge on any atom is 0.141 e. The van der Waals surface area contributed by atoms with E-state index in [-0.39, 0.29) is 12.2 Å². The summed E-state index contributed by atoms with van der Waals surface area (Å²) >= 11 is 0. The number of nitroso groups, excluding NO2 is 1. The molecule has 0 radical (unpaired) electrons. The lowest BCUT2D eigenvalue weighted by molar-refractivity contribution is 0.210. The van der Waals surface area contributed by atoms with Gasteiger partial charge in [-0.05, 0) is 31.1 Å². The van der Waals surface area contributed by atoms with Crippen molar-refractivity contribution in [3.05, 3.63) is 46.6 Å². The number of hydrogen-bond donors (Lipinski definition) is 1. The summed E-state index contributed by atoms with van der Waals surface area (Å²) in [6.07, 6.45) is 5.76. The molecule has 0 saturated carbocycles. The highest BCUT2D eigenvalue weighted by Gasteiger charge is 2.34. The van der Waals surface area contributed by atoms with Gasteiger partial charge in [-0.3, -0.25) is 15.2 Å². The molecule has 21 heavy (non-hydrogen) atoms. The largest absolute Gasteiger partial charge is 0.298 e. The molecule has 2 rings (SSSR count). The van der Waals surface area contributed by atoms with Gasteiger partial charge < -0.3 is 0 Å². The minimum atomic E-state index is -0.318. The summed E-state index contributed by atoms with van der Waals surface area (Å²) in [5.74, 6) is 0. The van der Waals surface area contributed by atoms with Gasteiger partial charge in [0, 0.05) is 25.8 Å². The van der Waals surface area contributed by atoms with E-state index in [2.05, 4.69) is 27.3 Å². The van der Waals surface area contributed by atoms with Gasteiger partial charge in [0.1, 0.15) is 6.04 Å². The van der Waals surface area contributed by atoms with Crippen molar-refractivity contribution in [2.24, 2.45) is 5.18 Å². The number of aromatic nitrogens is 1. The fourth-order valence-corrected chi connectivity index (χ4v) is 2.89. The summed E-state index contributed by atoms with van der Waals surface area (Å²) in [6, 6.07) is 5.60. The van der Waals surface area contributed by atoms with Gasteiger partial charge in [-0.1, -0.05) is 30.7 Å². The van der Waals surface area contributed by atoms with E-state index in [1.807, 2.05) is 31.2 Å². The number of nitrogens with zero attached hydrogens (tertiary/aromatic N) is 3. The number of nitrogens with one attached hydrogen (secondary N) is 1. The standard InChI is InChI=1S/C16H24N4O/c1-3-7-13(4-2)15(19-21)16-18-10-11-20(16)12-14-8-5-6-9-17-14/h4-6,8-9,15-16,18H,3,7,10-12H2,1-2H3/b13-4+. The smallest absolute Gasteiger partial charge is 0.141 e. The molecule has 5 heteroatoms. The zero-order chi connectivity index (χ0) is 15.1. The Bertz CT molecular complexity index is 474. The Morgan fingerprint density at radius 2 is 2.48 bits per heavy atom. The predicted molar refractivity (Wildman–Crippen MR) is 84.7 cm³/mol. The van der Waals surface area contributed by atoms with E-state index in [4.69, 9.17) is 0 Å². The molecular formula is C16H24N4O. The van der Waals surface area contributed by atoms with Crippen LogP contribution in [0.3, 0.4) is 0 Å².